The van der Waals surface area contributed by atoms with Crippen molar-refractivity contribution in [1.29, 1.82) is 0 Å². The Hall–Kier alpha value is -9.25. The first-order chi connectivity index (χ1) is 55.2. The fourth-order valence-corrected chi connectivity index (χ4v) is 20.5. The molecule has 10 aromatic rings. The monoisotopic (exact) mass is 1550 g/mol. The summed E-state index contributed by atoms with van der Waals surface area (Å²) in [7, 11) is 2.97. The van der Waals surface area contributed by atoms with Crippen LogP contribution in [-0.2, 0) is 19.9 Å². The van der Waals surface area contributed by atoms with Gasteiger partial charge in [0.2, 0.25) is 11.0 Å². The van der Waals surface area contributed by atoms with Crippen LogP contribution in [0.15, 0.2) is 294 Å². The van der Waals surface area contributed by atoms with Gasteiger partial charge in [-0.15, -0.1) is 0 Å². The van der Waals surface area contributed by atoms with Crippen LogP contribution in [0, 0.1) is 19.7 Å². The summed E-state index contributed by atoms with van der Waals surface area (Å²) in [6.45, 7) is 28.5. The zero-order chi connectivity index (χ0) is 79.6. The maximum Gasteiger partial charge on any atom is 0.266 e. The maximum atomic E-state index is 12.6. The first-order valence-corrected chi connectivity index (χ1v) is 46.6. The lowest BCUT2D eigenvalue weighted by atomic mass is 9.65. The summed E-state index contributed by atoms with van der Waals surface area (Å²) in [5.41, 5.74) is 20.2. The second-order valence-corrected chi connectivity index (χ2v) is 37.4. The number of allylic oxidation sites excluding steroid dienone is 13. The fraction of sp³-hybridized carbons (Fsp3) is 0.314. The van der Waals surface area contributed by atoms with Crippen molar-refractivity contribution in [2.24, 2.45) is 7.05 Å². The lowest BCUT2D eigenvalue weighted by Crippen LogP contribution is -2.44. The van der Waals surface area contributed by atoms with E-state index in [0.717, 1.165) is 66.9 Å². The summed E-state index contributed by atoms with van der Waals surface area (Å²) in [6.07, 6.45) is 49.4. The van der Waals surface area contributed by atoms with Gasteiger partial charge in [0.05, 0.1) is 22.2 Å². The van der Waals surface area contributed by atoms with E-state index < -0.39 is 7.94 Å². The van der Waals surface area contributed by atoms with E-state index in [1.807, 2.05) is 47.4 Å². The molecule has 113 heavy (non-hydrogen) atoms. The van der Waals surface area contributed by atoms with Crippen LogP contribution in [-0.4, -0.2) is 35.2 Å². The van der Waals surface area contributed by atoms with Gasteiger partial charge < -0.3 is 14.5 Å². The molecule has 0 saturated carbocycles. The Morgan fingerprint density at radius 2 is 1.19 bits per heavy atom. The van der Waals surface area contributed by atoms with Gasteiger partial charge in [0, 0.05) is 73.6 Å². The number of pyridine rings is 1. The summed E-state index contributed by atoms with van der Waals surface area (Å²) in [5, 5.41) is 3.79. The van der Waals surface area contributed by atoms with Crippen molar-refractivity contribution in [3.8, 4) is 5.75 Å². The minimum atomic E-state index is -1.22. The van der Waals surface area contributed by atoms with Crippen molar-refractivity contribution >= 4 is 112 Å². The maximum absolute atomic E-state index is 12.6. The minimum Gasteiger partial charge on any atom is -0.456 e. The highest BCUT2D eigenvalue weighted by Gasteiger charge is 2.29. The first-order valence-electron chi connectivity index (χ1n) is 41.9. The minimum absolute atomic E-state index is 0.188. The number of thiazole rings is 1. The van der Waals surface area contributed by atoms with Gasteiger partial charge in [0.25, 0.3) is 5.01 Å². The Labute approximate surface area is 689 Å². The van der Waals surface area contributed by atoms with E-state index in [1.165, 1.54) is 205 Å². The topological polar surface area (TPSA) is 23.5 Å². The van der Waals surface area contributed by atoms with E-state index >= 15 is 0 Å². The van der Waals surface area contributed by atoms with Crippen molar-refractivity contribution in [1.82, 2.24) is 0 Å². The van der Waals surface area contributed by atoms with Crippen molar-refractivity contribution < 1.29 is 18.3 Å². The number of unbranched alkanes of at least 4 members (excludes halogenated alkanes) is 10. The average molecular weight is 1550 g/mol. The molecule has 0 saturated heterocycles. The first kappa shape index (κ1) is 86.2. The summed E-state index contributed by atoms with van der Waals surface area (Å²) in [6, 6.07) is 71.9. The van der Waals surface area contributed by atoms with Crippen LogP contribution in [0.3, 0.4) is 0 Å². The fourth-order valence-electron chi connectivity index (χ4n) is 14.5. The van der Waals surface area contributed by atoms with Gasteiger partial charge in [-0.1, -0.05) is 357 Å². The van der Waals surface area contributed by atoms with Crippen LogP contribution in [0.1, 0.15) is 183 Å². The number of aromatic nitrogens is 2. The summed E-state index contributed by atoms with van der Waals surface area (Å²) in [4.78, 5) is 6.25. The van der Waals surface area contributed by atoms with E-state index in [-0.39, 0.29) is 5.82 Å². The highest BCUT2D eigenvalue weighted by molar-refractivity contribution is 8.03. The van der Waals surface area contributed by atoms with Gasteiger partial charge in [0.1, 0.15) is 35.9 Å². The Kier molecular flexibility index (Phi) is 34.8. The number of halogens is 1. The van der Waals surface area contributed by atoms with Crippen molar-refractivity contribution in [3.63, 3.8) is 0 Å². The Morgan fingerprint density at radius 1 is 0.575 bits per heavy atom. The van der Waals surface area contributed by atoms with E-state index in [9.17, 15) is 4.39 Å². The third-order valence-electron chi connectivity index (χ3n) is 21.3. The number of benzene rings is 8. The van der Waals surface area contributed by atoms with E-state index in [1.54, 1.807) is 12.1 Å². The zero-order valence-corrected chi connectivity index (χ0v) is 72.1. The zero-order valence-electron chi connectivity index (χ0n) is 69.5. The van der Waals surface area contributed by atoms with E-state index in [2.05, 4.69) is 340 Å². The lowest BCUT2D eigenvalue weighted by Gasteiger charge is -2.27. The average Bonchev–Trinajstić information content (AvgIpc) is 1.69. The Balaban J connectivity index is 0.000000173. The normalized spacial score (nSPS) is 14.3. The number of hydrogen-bond donors (Lipinski definition) is 0. The van der Waals surface area contributed by atoms with Crippen LogP contribution in [0.2, 0.25) is 18.6 Å². The molecule has 0 aliphatic carbocycles. The number of aryl methyl sites for hydroxylation is 4. The molecule has 13 rings (SSSR count). The predicted molar refractivity (Wildman–Crippen MR) is 497 cm³/mol. The van der Waals surface area contributed by atoms with Crippen LogP contribution in [0.5, 0.6) is 5.75 Å². The molecule has 5 nitrogen and oxygen atoms in total. The number of ether oxygens (including phenoxy) is 1. The molecule has 0 spiro atoms. The molecule has 0 amide bonds. The van der Waals surface area contributed by atoms with Gasteiger partial charge >= 0.3 is 0 Å². The van der Waals surface area contributed by atoms with Crippen molar-refractivity contribution in [3.05, 3.63) is 333 Å². The molecule has 5 heterocycles. The second kappa shape index (κ2) is 45.6. The molecule has 3 aliphatic heterocycles. The van der Waals surface area contributed by atoms with Gasteiger partial charge in [-0.2, -0.15) is 4.57 Å². The molecule has 2 radical (unpaired) electrons. The van der Waals surface area contributed by atoms with Crippen molar-refractivity contribution in [2.45, 2.75) is 195 Å². The lowest BCUT2D eigenvalue weighted by molar-refractivity contribution is -0.669. The molecule has 8 aromatic carbocycles. The predicted octanol–water partition coefficient (Wildman–Crippen LogP) is 26.5. The number of rotatable bonds is 32. The number of nitrogens with zero attached hydrogens (tertiary/aromatic N) is 4. The molecular formula is C102H121B2FN4OS2Si+2. The number of para-hydroxylation sites is 4. The van der Waals surface area contributed by atoms with Crippen LogP contribution < -0.4 is 34.6 Å². The third kappa shape index (κ3) is 26.1. The number of hydrogen-bond acceptors (Lipinski definition) is 5. The highest BCUT2D eigenvalue weighted by atomic mass is 32.2. The molecule has 0 unspecified atom stereocenters. The van der Waals surface area contributed by atoms with Gasteiger partial charge in [0.15, 0.2) is 20.0 Å². The van der Waals surface area contributed by atoms with Crippen LogP contribution >= 0.6 is 23.1 Å². The number of thioether (sulfide) groups is 1. The summed E-state index contributed by atoms with van der Waals surface area (Å²) < 4.78 is 25.0. The largest absolute Gasteiger partial charge is 0.456 e. The summed E-state index contributed by atoms with van der Waals surface area (Å²) in [5.74, 6) is 1.58. The molecule has 0 atom stereocenters. The highest BCUT2D eigenvalue weighted by Crippen LogP contribution is 2.47. The van der Waals surface area contributed by atoms with Gasteiger partial charge in [-0.05, 0) is 141 Å². The van der Waals surface area contributed by atoms with E-state index in [4.69, 9.17) is 4.74 Å². The number of fused-ring (bicyclic) bond motifs is 5. The smallest absolute Gasteiger partial charge is 0.266 e. The standard InChI is InChI=1S/C40H43N2OS2.C30H33N2.C19H34BSi.C13H11BF/c1-6-8-22-41-34-15-11-13-17-37(34)44-40(41)27-32-26-31(33-14-10-12-16-36(33)43-32)20-18-28(3)19-21-39-42(23-9-7-2)35-24-29(4)30(5)25-38(35)45-39;1-4-5-10-21-32-23-20-26(28-12-7-9-14-30(28)32)18-16-24(2)15-17-25-19-22-31(3)29-13-8-6-11-27(25)29;1-4-6-8-13-17-21(3,18-14-9-7-5-2)20-19-15-11-10-12-16-19;15-13-8-6-12(7-9-13)14-10-11-4-2-1-3-5-11/h10-21,24-27H,6-9,22-23H2,1-5H3;6-9,11-20,22-23H,4-5,10,21H2,1-3H3;10-12,15-16H,4-9,13-14,17-18H2,1-3H3;1-9H,10H2/q2*+1;;. The van der Waals surface area contributed by atoms with E-state index in [0.29, 0.717) is 0 Å². The Morgan fingerprint density at radius 3 is 1.92 bits per heavy atom. The summed E-state index contributed by atoms with van der Waals surface area (Å²) >= 11 is 3.71. The molecule has 11 heteroatoms. The third-order valence-corrected chi connectivity index (χ3v) is 27.6. The van der Waals surface area contributed by atoms with Crippen molar-refractivity contribution in [2.75, 3.05) is 22.9 Å². The van der Waals surface area contributed by atoms with Gasteiger partial charge in [-0.25, -0.2) is 8.96 Å². The number of anilines is 2. The molecule has 0 N–H and O–H groups in total. The molecule has 0 bridgehead atoms. The van der Waals surface area contributed by atoms with Crippen LogP contribution in [0.25, 0.3) is 44.4 Å². The van der Waals surface area contributed by atoms with Crippen LogP contribution in [0.4, 0.5) is 15.8 Å². The Bertz CT molecular complexity index is 4960. The molecule has 582 valence electrons. The molecule has 0 fully saturated rings. The van der Waals surface area contributed by atoms with Gasteiger partial charge in [-0.3, -0.25) is 0 Å². The second-order valence-electron chi connectivity index (χ2n) is 30.7. The SMILES string of the molecule is CCCCCC[Si](C)([B]c1ccccc1)CCCCCC.CCCCCN1C=CC(=CC=C(C)C=Cc2cc[n+](C)c3ccccc23)c2ccccc21.CCCCN1/C(=C/C=C(C)/C=C/C2=CC(=Cc3sc4ccccc4[n+]3CCCC)Oc3ccccc32)Sc2cc(C)c(C)cc21.Fc1ccc([B]Cc2ccccc2)cc1. The molecule has 3 aliphatic rings. The molecular weight excluding hydrogens is 1430 g/mol. The quantitative estimate of drug-likeness (QED) is 0.0181. The molecule has 2 aromatic heterocycles.